The predicted molar refractivity (Wildman–Crippen MR) is 77.1 cm³/mol. The van der Waals surface area contributed by atoms with Crippen molar-refractivity contribution < 1.29 is 14.7 Å². The molecule has 1 aromatic heterocycles. The van der Waals surface area contributed by atoms with E-state index in [1.807, 2.05) is 0 Å². The van der Waals surface area contributed by atoms with Crippen molar-refractivity contribution in [2.75, 3.05) is 0 Å². The first-order valence-electron chi connectivity index (χ1n) is 6.81. The van der Waals surface area contributed by atoms with E-state index in [-0.39, 0.29) is 24.3 Å². The first kappa shape index (κ1) is 16.9. The van der Waals surface area contributed by atoms with E-state index in [0.29, 0.717) is 17.1 Å². The van der Waals surface area contributed by atoms with Crippen molar-refractivity contribution in [2.24, 2.45) is 5.92 Å². The molecule has 0 aliphatic rings. The second kappa shape index (κ2) is 7.01. The molecule has 0 saturated heterocycles. The van der Waals surface area contributed by atoms with Crippen molar-refractivity contribution in [1.82, 2.24) is 15.3 Å². The lowest BCUT2D eigenvalue weighted by Crippen LogP contribution is -2.44. The van der Waals surface area contributed by atoms with Gasteiger partial charge in [-0.25, -0.2) is 9.78 Å². The van der Waals surface area contributed by atoms with Gasteiger partial charge in [0.1, 0.15) is 11.9 Å². The normalized spacial score (nSPS) is 12.2. The van der Waals surface area contributed by atoms with E-state index in [1.54, 1.807) is 27.7 Å². The third-order valence-corrected chi connectivity index (χ3v) is 3.19. The first-order valence-corrected chi connectivity index (χ1v) is 6.81. The molecule has 7 heteroatoms. The van der Waals surface area contributed by atoms with E-state index in [2.05, 4.69) is 15.3 Å². The third kappa shape index (κ3) is 4.70. The van der Waals surface area contributed by atoms with Gasteiger partial charge in [-0.2, -0.15) is 0 Å². The second-order valence-corrected chi connectivity index (χ2v) is 5.34. The number of hydrogen-bond donors (Lipinski definition) is 3. The van der Waals surface area contributed by atoms with Gasteiger partial charge in [0.15, 0.2) is 0 Å². The zero-order valence-corrected chi connectivity index (χ0v) is 12.7. The van der Waals surface area contributed by atoms with Gasteiger partial charge in [0, 0.05) is 17.7 Å². The summed E-state index contributed by atoms with van der Waals surface area (Å²) in [5.41, 5.74) is 0.779. The molecule has 1 rings (SSSR count). The smallest absolute Gasteiger partial charge is 0.326 e. The predicted octanol–water partition coefficient (Wildman–Crippen LogP) is 0.545. The van der Waals surface area contributed by atoms with Crippen LogP contribution < -0.4 is 10.9 Å². The summed E-state index contributed by atoms with van der Waals surface area (Å²) in [4.78, 5) is 41.4. The highest BCUT2D eigenvalue weighted by Gasteiger charge is 2.23. The van der Waals surface area contributed by atoms with Crippen LogP contribution in [0.3, 0.4) is 0 Å². The van der Waals surface area contributed by atoms with Gasteiger partial charge in [0.25, 0.3) is 5.56 Å². The Labute approximate surface area is 122 Å². The fourth-order valence-corrected chi connectivity index (χ4v) is 2.04. The van der Waals surface area contributed by atoms with Crippen LogP contribution in [-0.4, -0.2) is 33.0 Å². The van der Waals surface area contributed by atoms with E-state index in [1.165, 1.54) is 0 Å². The number of aryl methyl sites for hydroxylation is 2. The molecule has 0 aliphatic heterocycles. The maximum absolute atomic E-state index is 11.8. The number of aromatic nitrogens is 2. The Bertz CT molecular complexity index is 592. The van der Waals surface area contributed by atoms with Crippen molar-refractivity contribution in [1.29, 1.82) is 0 Å². The number of nitrogens with zero attached hydrogens (tertiary/aromatic N) is 1. The average Bonchev–Trinajstić information content (AvgIpc) is 2.33. The number of carboxylic acid groups (broad SMARTS) is 1. The van der Waals surface area contributed by atoms with Crippen LogP contribution in [0.4, 0.5) is 0 Å². The third-order valence-electron chi connectivity index (χ3n) is 3.19. The summed E-state index contributed by atoms with van der Waals surface area (Å²) < 4.78 is 0. The zero-order valence-electron chi connectivity index (χ0n) is 12.7. The number of carbonyl (C=O) groups excluding carboxylic acids is 1. The zero-order chi connectivity index (χ0) is 16.2. The highest BCUT2D eigenvalue weighted by atomic mass is 16.4. The topological polar surface area (TPSA) is 112 Å². The molecule has 0 aromatic carbocycles. The molecule has 0 radical (unpaired) electrons. The molecule has 1 heterocycles. The van der Waals surface area contributed by atoms with Gasteiger partial charge in [-0.1, -0.05) is 13.8 Å². The van der Waals surface area contributed by atoms with Gasteiger partial charge in [-0.3, -0.25) is 9.59 Å². The van der Waals surface area contributed by atoms with E-state index >= 15 is 0 Å². The number of carboxylic acids is 1. The van der Waals surface area contributed by atoms with Crippen molar-refractivity contribution in [3.8, 4) is 0 Å². The first-order chi connectivity index (χ1) is 9.72. The van der Waals surface area contributed by atoms with Crippen LogP contribution in [-0.2, 0) is 16.0 Å². The summed E-state index contributed by atoms with van der Waals surface area (Å²) in [6, 6.07) is -0.923. The molecule has 0 unspecified atom stereocenters. The minimum Gasteiger partial charge on any atom is -0.480 e. The summed E-state index contributed by atoms with van der Waals surface area (Å²) in [6.07, 6.45) is 0.274. The molecule has 21 heavy (non-hydrogen) atoms. The second-order valence-electron chi connectivity index (χ2n) is 5.34. The van der Waals surface area contributed by atoms with Crippen LogP contribution in [0, 0.1) is 19.8 Å². The SMILES string of the molecule is Cc1nc(C)c(CCC(=O)N[C@@H](C(=O)O)C(C)C)c(=O)[nH]1. The number of amides is 1. The Kier molecular flexibility index (Phi) is 5.63. The largest absolute Gasteiger partial charge is 0.480 e. The molecule has 7 nitrogen and oxygen atoms in total. The summed E-state index contributed by atoms with van der Waals surface area (Å²) in [7, 11) is 0. The lowest BCUT2D eigenvalue weighted by atomic mass is 10.0. The number of rotatable bonds is 6. The van der Waals surface area contributed by atoms with E-state index in [0.717, 1.165) is 0 Å². The molecule has 0 fully saturated rings. The molecule has 0 bridgehead atoms. The number of aliphatic carboxylic acids is 1. The summed E-state index contributed by atoms with van der Waals surface area (Å²) >= 11 is 0. The van der Waals surface area contributed by atoms with Crippen molar-refractivity contribution in [3.63, 3.8) is 0 Å². The summed E-state index contributed by atoms with van der Waals surface area (Å²) in [5.74, 6) is -1.14. The fraction of sp³-hybridized carbons (Fsp3) is 0.571. The Hall–Kier alpha value is -2.18. The van der Waals surface area contributed by atoms with Crippen molar-refractivity contribution in [2.45, 2.75) is 46.6 Å². The molecule has 3 N–H and O–H groups in total. The highest BCUT2D eigenvalue weighted by molar-refractivity contribution is 5.83. The molecule has 1 atom stereocenters. The molecule has 0 aliphatic carbocycles. The Morgan fingerprint density at radius 3 is 2.43 bits per heavy atom. The lowest BCUT2D eigenvalue weighted by Gasteiger charge is -2.17. The van der Waals surface area contributed by atoms with Gasteiger partial charge in [-0.05, 0) is 26.2 Å². The van der Waals surface area contributed by atoms with E-state index < -0.39 is 17.9 Å². The van der Waals surface area contributed by atoms with E-state index in [9.17, 15) is 14.4 Å². The van der Waals surface area contributed by atoms with Crippen LogP contribution in [0.25, 0.3) is 0 Å². The van der Waals surface area contributed by atoms with E-state index in [4.69, 9.17) is 5.11 Å². The highest BCUT2D eigenvalue weighted by Crippen LogP contribution is 2.05. The van der Waals surface area contributed by atoms with Crippen molar-refractivity contribution >= 4 is 11.9 Å². The standard InChI is InChI=1S/C14H21N3O4/c1-7(2)12(14(20)21)17-11(18)6-5-10-8(3)15-9(4)16-13(10)19/h7,12H,5-6H2,1-4H3,(H,17,18)(H,20,21)(H,15,16,19)/t12-/m1/s1. The van der Waals surface area contributed by atoms with Gasteiger partial charge < -0.3 is 15.4 Å². The maximum atomic E-state index is 11.8. The van der Waals surface area contributed by atoms with Gasteiger partial charge >= 0.3 is 5.97 Å². The van der Waals surface area contributed by atoms with Gasteiger partial charge in [0.2, 0.25) is 5.91 Å². The number of aromatic amines is 1. The minimum atomic E-state index is -1.07. The van der Waals surface area contributed by atoms with Gasteiger partial charge in [-0.15, -0.1) is 0 Å². The maximum Gasteiger partial charge on any atom is 0.326 e. The molecule has 0 spiro atoms. The average molecular weight is 295 g/mol. The molecule has 0 saturated carbocycles. The summed E-state index contributed by atoms with van der Waals surface area (Å²) in [6.45, 7) is 6.84. The lowest BCUT2D eigenvalue weighted by molar-refractivity contribution is -0.143. The minimum absolute atomic E-state index is 0.0468. The van der Waals surface area contributed by atoms with Crippen molar-refractivity contribution in [3.05, 3.63) is 27.4 Å². The Morgan fingerprint density at radius 1 is 1.33 bits per heavy atom. The Morgan fingerprint density at radius 2 is 1.95 bits per heavy atom. The number of carbonyl (C=O) groups is 2. The molecule has 1 aromatic rings. The monoisotopic (exact) mass is 295 g/mol. The quantitative estimate of drug-likeness (QED) is 0.709. The molecular weight excluding hydrogens is 274 g/mol. The van der Waals surface area contributed by atoms with Crippen LogP contribution in [0.5, 0.6) is 0 Å². The molecule has 116 valence electrons. The van der Waals surface area contributed by atoms with Crippen LogP contribution in [0.1, 0.15) is 37.4 Å². The van der Waals surface area contributed by atoms with Crippen LogP contribution in [0.2, 0.25) is 0 Å². The van der Waals surface area contributed by atoms with Crippen LogP contribution in [0.15, 0.2) is 4.79 Å². The summed E-state index contributed by atoms with van der Waals surface area (Å²) in [5, 5.41) is 11.5. The van der Waals surface area contributed by atoms with Gasteiger partial charge in [0.05, 0.1) is 0 Å². The number of H-pyrrole nitrogens is 1. The molecular formula is C14H21N3O4. The molecule has 1 amide bonds. The Balaban J connectivity index is 2.70. The number of hydrogen-bond acceptors (Lipinski definition) is 4. The number of nitrogens with one attached hydrogen (secondary N) is 2. The van der Waals surface area contributed by atoms with Crippen LogP contribution >= 0.6 is 0 Å². The fourth-order valence-electron chi connectivity index (χ4n) is 2.04.